The van der Waals surface area contributed by atoms with Gasteiger partial charge in [-0.25, -0.2) is 9.78 Å². The molecule has 0 radical (unpaired) electrons. The molecular weight excluding hydrogens is 228 g/mol. The van der Waals surface area contributed by atoms with Gasteiger partial charge in [0.25, 0.3) is 5.91 Å². The molecule has 0 unspecified atom stereocenters. The van der Waals surface area contributed by atoms with Crippen molar-refractivity contribution in [3.8, 4) is 0 Å². The number of nitrogens with one attached hydrogen (secondary N) is 1. The molecule has 16 heavy (non-hydrogen) atoms. The molecule has 0 saturated heterocycles. The SMILES string of the molecule is CCC[C@H](NC(=O)c1csc(C)n1)C(=O)O. The van der Waals surface area contributed by atoms with Gasteiger partial charge in [-0.2, -0.15) is 0 Å². The maximum Gasteiger partial charge on any atom is 0.326 e. The van der Waals surface area contributed by atoms with Crippen molar-refractivity contribution in [1.82, 2.24) is 10.3 Å². The van der Waals surface area contributed by atoms with Gasteiger partial charge in [-0.3, -0.25) is 4.79 Å². The first-order valence-electron chi connectivity index (χ1n) is 5.00. The molecule has 5 nitrogen and oxygen atoms in total. The topological polar surface area (TPSA) is 79.3 Å². The number of hydrogen-bond acceptors (Lipinski definition) is 4. The lowest BCUT2D eigenvalue weighted by molar-refractivity contribution is -0.139. The van der Waals surface area contributed by atoms with E-state index in [1.807, 2.05) is 6.92 Å². The Balaban J connectivity index is 2.65. The third kappa shape index (κ3) is 3.30. The van der Waals surface area contributed by atoms with Gasteiger partial charge in [0.15, 0.2) is 0 Å². The zero-order valence-electron chi connectivity index (χ0n) is 9.19. The number of nitrogens with zero attached hydrogens (tertiary/aromatic N) is 1. The van der Waals surface area contributed by atoms with Crippen LogP contribution < -0.4 is 5.32 Å². The molecular formula is C10H14N2O3S. The quantitative estimate of drug-likeness (QED) is 0.818. The largest absolute Gasteiger partial charge is 0.480 e. The second-order valence-electron chi connectivity index (χ2n) is 3.40. The first-order chi connectivity index (χ1) is 7.54. The number of carboxylic acids is 1. The number of rotatable bonds is 5. The lowest BCUT2D eigenvalue weighted by Crippen LogP contribution is -2.40. The number of aromatic nitrogens is 1. The first kappa shape index (κ1) is 12.6. The zero-order chi connectivity index (χ0) is 12.1. The summed E-state index contributed by atoms with van der Waals surface area (Å²) in [6.07, 6.45) is 1.12. The number of amides is 1. The van der Waals surface area contributed by atoms with E-state index in [1.165, 1.54) is 11.3 Å². The van der Waals surface area contributed by atoms with E-state index >= 15 is 0 Å². The molecule has 1 heterocycles. The van der Waals surface area contributed by atoms with Gasteiger partial charge in [-0.1, -0.05) is 13.3 Å². The van der Waals surface area contributed by atoms with E-state index in [0.717, 1.165) is 5.01 Å². The molecule has 88 valence electrons. The monoisotopic (exact) mass is 242 g/mol. The highest BCUT2D eigenvalue weighted by atomic mass is 32.1. The van der Waals surface area contributed by atoms with Gasteiger partial charge in [-0.05, 0) is 13.3 Å². The molecule has 0 aliphatic carbocycles. The van der Waals surface area contributed by atoms with Gasteiger partial charge in [0.2, 0.25) is 0 Å². The Morgan fingerprint density at radius 1 is 1.62 bits per heavy atom. The van der Waals surface area contributed by atoms with Crippen LogP contribution in [-0.2, 0) is 4.79 Å². The smallest absolute Gasteiger partial charge is 0.326 e. The normalized spacial score (nSPS) is 12.1. The summed E-state index contributed by atoms with van der Waals surface area (Å²) in [5, 5.41) is 13.7. The highest BCUT2D eigenvalue weighted by Gasteiger charge is 2.20. The third-order valence-corrected chi connectivity index (χ3v) is 2.81. The molecule has 0 bridgehead atoms. The number of aryl methyl sites for hydroxylation is 1. The number of carbonyl (C=O) groups excluding carboxylic acids is 1. The molecule has 0 aliphatic rings. The van der Waals surface area contributed by atoms with E-state index < -0.39 is 17.9 Å². The first-order valence-corrected chi connectivity index (χ1v) is 5.88. The Kier molecular flexibility index (Phi) is 4.42. The summed E-state index contributed by atoms with van der Waals surface area (Å²) >= 11 is 1.36. The number of hydrogen-bond donors (Lipinski definition) is 2. The van der Waals surface area contributed by atoms with Gasteiger partial charge in [0, 0.05) is 5.38 Å². The van der Waals surface area contributed by atoms with Gasteiger partial charge >= 0.3 is 5.97 Å². The number of carboxylic acid groups (broad SMARTS) is 1. The van der Waals surface area contributed by atoms with Crippen LogP contribution in [0.15, 0.2) is 5.38 Å². The van der Waals surface area contributed by atoms with Crippen LogP contribution >= 0.6 is 11.3 Å². The minimum Gasteiger partial charge on any atom is -0.480 e. The number of thiazole rings is 1. The summed E-state index contributed by atoms with van der Waals surface area (Å²) in [6.45, 7) is 3.66. The summed E-state index contributed by atoms with van der Waals surface area (Å²) < 4.78 is 0. The van der Waals surface area contributed by atoms with E-state index in [9.17, 15) is 9.59 Å². The second kappa shape index (κ2) is 5.60. The highest BCUT2D eigenvalue weighted by Crippen LogP contribution is 2.08. The second-order valence-corrected chi connectivity index (χ2v) is 4.47. The van der Waals surface area contributed by atoms with Crippen LogP contribution in [0.2, 0.25) is 0 Å². The van der Waals surface area contributed by atoms with Crippen molar-refractivity contribution < 1.29 is 14.7 Å². The minimum absolute atomic E-state index is 0.282. The van der Waals surface area contributed by atoms with Crippen molar-refractivity contribution in [2.45, 2.75) is 32.7 Å². The molecule has 0 saturated carbocycles. The Bertz CT molecular complexity index is 389. The van der Waals surface area contributed by atoms with Crippen molar-refractivity contribution in [2.75, 3.05) is 0 Å². The van der Waals surface area contributed by atoms with E-state index in [1.54, 1.807) is 12.3 Å². The molecule has 0 fully saturated rings. The van der Waals surface area contributed by atoms with Gasteiger partial charge in [-0.15, -0.1) is 11.3 Å². The summed E-state index contributed by atoms with van der Waals surface area (Å²) in [5.74, 6) is -1.44. The highest BCUT2D eigenvalue weighted by molar-refractivity contribution is 7.09. The molecule has 0 aliphatic heterocycles. The number of carbonyl (C=O) groups is 2. The average molecular weight is 242 g/mol. The fourth-order valence-electron chi connectivity index (χ4n) is 1.25. The standard InChI is InChI=1S/C10H14N2O3S/c1-3-4-7(10(14)15)12-9(13)8-5-16-6(2)11-8/h5,7H,3-4H2,1-2H3,(H,12,13)(H,14,15)/t7-/m0/s1. The molecule has 1 rings (SSSR count). The van der Waals surface area contributed by atoms with Crippen LogP contribution in [0.25, 0.3) is 0 Å². The summed E-state index contributed by atoms with van der Waals surface area (Å²) in [5.41, 5.74) is 0.282. The van der Waals surface area contributed by atoms with E-state index in [4.69, 9.17) is 5.11 Å². The fourth-order valence-corrected chi connectivity index (χ4v) is 1.84. The van der Waals surface area contributed by atoms with Crippen molar-refractivity contribution in [3.05, 3.63) is 16.1 Å². The predicted octanol–water partition coefficient (Wildman–Crippen LogP) is 1.43. The molecule has 1 aromatic rings. The van der Waals surface area contributed by atoms with Crippen LogP contribution in [0.4, 0.5) is 0 Å². The lowest BCUT2D eigenvalue weighted by Gasteiger charge is -2.12. The van der Waals surface area contributed by atoms with Crippen LogP contribution in [0.3, 0.4) is 0 Å². The van der Waals surface area contributed by atoms with Crippen molar-refractivity contribution in [1.29, 1.82) is 0 Å². The Hall–Kier alpha value is -1.43. The molecule has 2 N–H and O–H groups in total. The molecule has 0 spiro atoms. The van der Waals surface area contributed by atoms with E-state index in [-0.39, 0.29) is 5.69 Å². The molecule has 1 amide bonds. The third-order valence-electron chi connectivity index (χ3n) is 2.03. The van der Waals surface area contributed by atoms with Crippen LogP contribution in [-0.4, -0.2) is 28.0 Å². The predicted molar refractivity (Wildman–Crippen MR) is 60.6 cm³/mol. The van der Waals surface area contributed by atoms with Crippen molar-refractivity contribution >= 4 is 23.2 Å². The molecule has 0 aromatic carbocycles. The summed E-state index contributed by atoms with van der Waals surface area (Å²) in [7, 11) is 0. The Morgan fingerprint density at radius 3 is 2.75 bits per heavy atom. The minimum atomic E-state index is -1.01. The Morgan fingerprint density at radius 2 is 2.31 bits per heavy atom. The maximum atomic E-state index is 11.6. The van der Waals surface area contributed by atoms with Gasteiger partial charge in [0.1, 0.15) is 11.7 Å². The van der Waals surface area contributed by atoms with Crippen molar-refractivity contribution in [3.63, 3.8) is 0 Å². The Labute approximate surface area is 97.5 Å². The number of aliphatic carboxylic acids is 1. The zero-order valence-corrected chi connectivity index (χ0v) is 10.0. The fraction of sp³-hybridized carbons (Fsp3) is 0.500. The van der Waals surface area contributed by atoms with Crippen molar-refractivity contribution in [2.24, 2.45) is 0 Å². The lowest BCUT2D eigenvalue weighted by atomic mass is 10.1. The summed E-state index contributed by atoms with van der Waals surface area (Å²) in [4.78, 5) is 26.4. The molecule has 6 heteroatoms. The van der Waals surface area contributed by atoms with Crippen LogP contribution in [0.5, 0.6) is 0 Å². The van der Waals surface area contributed by atoms with Gasteiger partial charge < -0.3 is 10.4 Å². The summed E-state index contributed by atoms with van der Waals surface area (Å²) in [6, 6.07) is -0.834. The molecule has 1 atom stereocenters. The maximum absolute atomic E-state index is 11.6. The van der Waals surface area contributed by atoms with E-state index in [2.05, 4.69) is 10.3 Å². The average Bonchev–Trinajstić information content (AvgIpc) is 2.64. The van der Waals surface area contributed by atoms with Gasteiger partial charge in [0.05, 0.1) is 5.01 Å². The van der Waals surface area contributed by atoms with E-state index in [0.29, 0.717) is 12.8 Å². The molecule has 1 aromatic heterocycles. The van der Waals surface area contributed by atoms with Crippen LogP contribution in [0, 0.1) is 6.92 Å². The van der Waals surface area contributed by atoms with Crippen LogP contribution in [0.1, 0.15) is 35.3 Å².